The summed E-state index contributed by atoms with van der Waals surface area (Å²) in [6, 6.07) is 20.6. The van der Waals surface area contributed by atoms with E-state index in [0.29, 0.717) is 13.2 Å². The molecular formula is C37H32Br2N2O6. The topological polar surface area (TPSA) is 71.0 Å². The summed E-state index contributed by atoms with van der Waals surface area (Å²) in [6.45, 7) is 6.03. The van der Waals surface area contributed by atoms with Crippen molar-refractivity contribution in [2.75, 3.05) is 44.8 Å². The van der Waals surface area contributed by atoms with Crippen LogP contribution in [0.2, 0.25) is 0 Å². The Labute approximate surface area is 289 Å². The van der Waals surface area contributed by atoms with Gasteiger partial charge in [-0.1, -0.05) is 63.8 Å². The summed E-state index contributed by atoms with van der Waals surface area (Å²) in [5, 5.41) is 0. The van der Waals surface area contributed by atoms with E-state index in [1.807, 2.05) is 42.6 Å². The van der Waals surface area contributed by atoms with Crippen molar-refractivity contribution in [1.29, 1.82) is 0 Å². The second-order valence-electron chi connectivity index (χ2n) is 12.7. The smallest absolute Gasteiger partial charge is 0.231 e. The molecule has 6 heterocycles. The zero-order valence-electron chi connectivity index (χ0n) is 25.8. The van der Waals surface area contributed by atoms with Crippen molar-refractivity contribution < 1.29 is 28.4 Å². The molecule has 2 spiro atoms. The Morgan fingerprint density at radius 1 is 0.702 bits per heavy atom. The second kappa shape index (κ2) is 11.1. The molecule has 0 radical (unpaired) electrons. The molecule has 6 aliphatic rings. The van der Waals surface area contributed by atoms with Gasteiger partial charge in [-0.05, 0) is 42.8 Å². The molecule has 0 N–H and O–H groups in total. The molecule has 0 saturated heterocycles. The van der Waals surface area contributed by atoms with Gasteiger partial charge in [-0.15, -0.1) is 0 Å². The van der Waals surface area contributed by atoms with Crippen LogP contribution >= 0.6 is 31.9 Å². The highest BCUT2D eigenvalue weighted by atomic mass is 79.9. The zero-order valence-corrected chi connectivity index (χ0v) is 29.0. The summed E-state index contributed by atoms with van der Waals surface area (Å²) in [5.41, 5.74) is 6.61. The fraction of sp³-hybridized carbons (Fsp3) is 0.324. The third kappa shape index (κ3) is 4.40. The first-order valence-electron chi connectivity index (χ1n) is 16.0. The van der Waals surface area contributed by atoms with Gasteiger partial charge >= 0.3 is 0 Å². The van der Waals surface area contributed by atoms with E-state index in [9.17, 15) is 0 Å². The number of ether oxygens (including phenoxy) is 6. The Morgan fingerprint density at radius 3 is 2.09 bits per heavy atom. The van der Waals surface area contributed by atoms with Crippen molar-refractivity contribution in [2.45, 2.75) is 37.0 Å². The predicted octanol–water partition coefficient (Wildman–Crippen LogP) is 8.44. The maximum Gasteiger partial charge on any atom is 0.231 e. The lowest BCUT2D eigenvalue weighted by atomic mass is 9.77. The molecule has 0 saturated carbocycles. The molecule has 0 aromatic heterocycles. The van der Waals surface area contributed by atoms with Crippen LogP contribution in [0.5, 0.6) is 34.5 Å². The van der Waals surface area contributed by atoms with Gasteiger partial charge in [-0.25, -0.2) is 0 Å². The van der Waals surface area contributed by atoms with Crippen LogP contribution < -0.4 is 33.3 Å². The van der Waals surface area contributed by atoms with Crippen LogP contribution in [0.3, 0.4) is 0 Å². The van der Waals surface area contributed by atoms with Crippen molar-refractivity contribution in [2.24, 2.45) is 4.99 Å². The monoisotopic (exact) mass is 758 g/mol. The minimum atomic E-state index is -0.342. The number of halogens is 2. The molecular weight excluding hydrogens is 728 g/mol. The maximum absolute atomic E-state index is 6.16. The van der Waals surface area contributed by atoms with Crippen molar-refractivity contribution in [3.8, 4) is 34.5 Å². The molecule has 8 nitrogen and oxygen atoms in total. The molecule has 6 aliphatic heterocycles. The number of hydrogen-bond donors (Lipinski definition) is 0. The highest BCUT2D eigenvalue weighted by molar-refractivity contribution is 9.10. The van der Waals surface area contributed by atoms with E-state index in [1.54, 1.807) is 0 Å². The standard InChI is InChI=1S/C21H22BrNO3.C16H10BrNO3/c1-2-3-4-8-23-11-21(20-15(22)6-5-7-16(20)23)12-24-17-10-19-18(9-14(17)21)25-13-26-19;17-10-2-1-3-11-15(10)16(6-18-11)7-19-12-5-14-13(4-9(12)16)20-8-21-14/h5-7,9-10H,2-4,8,11-13H2,1H3;1-6H,7-8H2. The summed E-state index contributed by atoms with van der Waals surface area (Å²) >= 11 is 7.47. The fourth-order valence-electron chi connectivity index (χ4n) is 7.81. The van der Waals surface area contributed by atoms with Crippen LogP contribution in [0.25, 0.3) is 0 Å². The average molecular weight is 760 g/mol. The van der Waals surface area contributed by atoms with Crippen LogP contribution in [0.1, 0.15) is 48.4 Å². The van der Waals surface area contributed by atoms with E-state index in [1.165, 1.54) is 36.1 Å². The van der Waals surface area contributed by atoms with Gasteiger partial charge < -0.3 is 33.3 Å². The lowest BCUT2D eigenvalue weighted by Gasteiger charge is -2.25. The van der Waals surface area contributed by atoms with Gasteiger partial charge in [0.05, 0.1) is 16.5 Å². The molecule has 10 heteroatoms. The van der Waals surface area contributed by atoms with Crippen LogP contribution in [0.15, 0.2) is 74.6 Å². The number of unbranched alkanes of at least 4 members (excludes halogenated alkanes) is 2. The molecule has 47 heavy (non-hydrogen) atoms. The fourth-order valence-corrected chi connectivity index (χ4v) is 9.25. The number of hydrogen-bond acceptors (Lipinski definition) is 8. The van der Waals surface area contributed by atoms with E-state index in [4.69, 9.17) is 28.4 Å². The first kappa shape index (κ1) is 29.3. The van der Waals surface area contributed by atoms with Gasteiger partial charge in [-0.2, -0.15) is 0 Å². The van der Waals surface area contributed by atoms with Crippen molar-refractivity contribution in [1.82, 2.24) is 0 Å². The Hall–Kier alpha value is -3.89. The van der Waals surface area contributed by atoms with Crippen LogP contribution in [-0.4, -0.2) is 46.1 Å². The molecule has 0 fully saturated rings. The normalized spacial score (nSPS) is 22.5. The Bertz CT molecular complexity index is 1970. The third-order valence-corrected chi connectivity index (χ3v) is 11.4. The molecule has 4 aromatic rings. The minimum Gasteiger partial charge on any atom is -0.492 e. The van der Waals surface area contributed by atoms with Gasteiger partial charge in [-0.3, -0.25) is 4.99 Å². The van der Waals surface area contributed by atoms with Crippen molar-refractivity contribution in [3.05, 3.63) is 91.9 Å². The number of fused-ring (bicyclic) bond motifs is 10. The zero-order chi connectivity index (χ0) is 31.8. The first-order chi connectivity index (χ1) is 23.0. The number of benzene rings is 4. The molecule has 0 amide bonds. The van der Waals surface area contributed by atoms with Gasteiger partial charge in [0.2, 0.25) is 13.6 Å². The number of aliphatic imine (C=N–C) groups is 1. The summed E-state index contributed by atoms with van der Waals surface area (Å²) in [4.78, 5) is 7.11. The van der Waals surface area contributed by atoms with Gasteiger partial charge in [0.1, 0.15) is 24.7 Å². The summed E-state index contributed by atoms with van der Waals surface area (Å²) in [5.74, 6) is 4.89. The predicted molar refractivity (Wildman–Crippen MR) is 186 cm³/mol. The van der Waals surface area contributed by atoms with Crippen molar-refractivity contribution in [3.63, 3.8) is 0 Å². The SMILES string of the molecule is Brc1cccc2c1C1(C=N2)COc2cc3c(cc21)OCO3.CCCCCN1CC2(COc3cc4c(cc32)OCO4)c2c(Br)cccc21. The summed E-state index contributed by atoms with van der Waals surface area (Å²) in [6.07, 6.45) is 5.70. The van der Waals surface area contributed by atoms with E-state index >= 15 is 0 Å². The highest BCUT2D eigenvalue weighted by Gasteiger charge is 2.51. The van der Waals surface area contributed by atoms with Crippen LogP contribution in [-0.2, 0) is 10.8 Å². The Balaban J connectivity index is 0.000000131. The molecule has 2 atom stereocenters. The Morgan fingerprint density at radius 2 is 1.34 bits per heavy atom. The lowest BCUT2D eigenvalue weighted by molar-refractivity contribution is 0.173. The van der Waals surface area contributed by atoms with Gasteiger partial charge in [0.25, 0.3) is 0 Å². The van der Waals surface area contributed by atoms with Crippen LogP contribution in [0, 0.1) is 0 Å². The summed E-state index contributed by atoms with van der Waals surface area (Å²) < 4.78 is 36.4. The average Bonchev–Trinajstić information content (AvgIpc) is 3.93. The van der Waals surface area contributed by atoms with Gasteiger partial charge in [0.15, 0.2) is 23.0 Å². The second-order valence-corrected chi connectivity index (χ2v) is 14.4. The van der Waals surface area contributed by atoms with Gasteiger partial charge in [0, 0.05) is 68.3 Å². The molecule has 240 valence electrons. The van der Waals surface area contributed by atoms with E-state index in [-0.39, 0.29) is 24.4 Å². The third-order valence-electron chi connectivity index (χ3n) is 10.0. The van der Waals surface area contributed by atoms with Crippen molar-refractivity contribution >= 4 is 49.4 Å². The molecule has 10 rings (SSSR count). The van der Waals surface area contributed by atoms with E-state index in [2.05, 4.69) is 72.9 Å². The number of nitrogens with zero attached hydrogens (tertiary/aromatic N) is 2. The highest BCUT2D eigenvalue weighted by Crippen LogP contribution is 2.57. The van der Waals surface area contributed by atoms with Crippen LogP contribution in [0.4, 0.5) is 11.4 Å². The van der Waals surface area contributed by atoms with E-state index < -0.39 is 0 Å². The molecule has 4 aromatic carbocycles. The molecule has 0 aliphatic carbocycles. The molecule has 2 unspecified atom stereocenters. The number of rotatable bonds is 4. The largest absolute Gasteiger partial charge is 0.492 e. The number of anilines is 1. The quantitative estimate of drug-likeness (QED) is 0.194. The molecule has 0 bridgehead atoms. The maximum atomic E-state index is 6.16. The minimum absolute atomic E-state index is 0.155. The first-order valence-corrected chi connectivity index (χ1v) is 17.6. The summed E-state index contributed by atoms with van der Waals surface area (Å²) in [7, 11) is 0. The van der Waals surface area contributed by atoms with E-state index in [0.717, 1.165) is 73.3 Å². The Kier molecular flexibility index (Phi) is 6.90. The lowest BCUT2D eigenvalue weighted by Crippen LogP contribution is -2.36.